The Morgan fingerprint density at radius 1 is 1.73 bits per heavy atom. The fourth-order valence-corrected chi connectivity index (χ4v) is 2.30. The van der Waals surface area contributed by atoms with E-state index < -0.39 is 5.97 Å². The summed E-state index contributed by atoms with van der Waals surface area (Å²) in [5.74, 6) is -0.676. The Balaban J connectivity index is 2.14. The van der Waals surface area contributed by atoms with E-state index in [0.717, 1.165) is 25.0 Å². The minimum absolute atomic E-state index is 0.252. The van der Waals surface area contributed by atoms with Crippen LogP contribution in [0.5, 0.6) is 0 Å². The van der Waals surface area contributed by atoms with Gasteiger partial charge in [0.15, 0.2) is 0 Å². The van der Waals surface area contributed by atoms with E-state index in [0.29, 0.717) is 0 Å². The zero-order valence-corrected chi connectivity index (χ0v) is 9.10. The highest BCUT2D eigenvalue weighted by molar-refractivity contribution is 5.70. The lowest BCUT2D eigenvalue weighted by atomic mass is 9.80. The monoisotopic (exact) mass is 208 g/mol. The maximum absolute atomic E-state index is 10.9. The highest BCUT2D eigenvalue weighted by Gasteiger charge is 2.28. The van der Waals surface area contributed by atoms with Crippen LogP contribution in [0.3, 0.4) is 0 Å². The fourth-order valence-electron chi connectivity index (χ4n) is 2.30. The van der Waals surface area contributed by atoms with Gasteiger partial charge >= 0.3 is 5.97 Å². The molecular formula is C11H16N2O2. The van der Waals surface area contributed by atoms with Gasteiger partial charge in [-0.2, -0.15) is 5.10 Å². The summed E-state index contributed by atoms with van der Waals surface area (Å²) in [5, 5.41) is 13.3. The van der Waals surface area contributed by atoms with Gasteiger partial charge in [0.25, 0.3) is 0 Å². The highest BCUT2D eigenvalue weighted by atomic mass is 16.4. The third kappa shape index (κ3) is 1.89. The predicted molar refractivity (Wildman–Crippen MR) is 55.5 cm³/mol. The summed E-state index contributed by atoms with van der Waals surface area (Å²) in [6, 6.07) is 0. The number of rotatable bonds is 2. The van der Waals surface area contributed by atoms with E-state index in [1.807, 2.05) is 17.9 Å². The number of hydrogen-bond acceptors (Lipinski definition) is 2. The van der Waals surface area contributed by atoms with Crippen LogP contribution in [0.2, 0.25) is 0 Å². The maximum atomic E-state index is 10.9. The average molecular weight is 208 g/mol. The smallest absolute Gasteiger partial charge is 0.306 e. The number of fused-ring (bicyclic) bond motifs is 1. The molecule has 0 amide bonds. The molecule has 82 valence electrons. The van der Waals surface area contributed by atoms with Gasteiger partial charge in [0.05, 0.1) is 11.6 Å². The average Bonchev–Trinajstić information content (AvgIpc) is 2.55. The third-order valence-corrected chi connectivity index (χ3v) is 3.32. The fraction of sp³-hybridized carbons (Fsp3) is 0.636. The maximum Gasteiger partial charge on any atom is 0.306 e. The summed E-state index contributed by atoms with van der Waals surface area (Å²) in [6.07, 6.45) is 4.72. The molecule has 1 aromatic heterocycles. The lowest BCUT2D eigenvalue weighted by Gasteiger charge is -2.24. The van der Waals surface area contributed by atoms with E-state index in [-0.39, 0.29) is 11.8 Å². The van der Waals surface area contributed by atoms with Crippen LogP contribution < -0.4 is 0 Å². The van der Waals surface area contributed by atoms with Crippen LogP contribution in [0.1, 0.15) is 24.6 Å². The van der Waals surface area contributed by atoms with E-state index in [9.17, 15) is 4.79 Å². The van der Waals surface area contributed by atoms with Crippen molar-refractivity contribution in [2.45, 2.75) is 26.2 Å². The Morgan fingerprint density at radius 3 is 3.13 bits per heavy atom. The summed E-state index contributed by atoms with van der Waals surface area (Å²) in [7, 11) is 1.91. The molecule has 1 aromatic rings. The second kappa shape index (κ2) is 3.68. The van der Waals surface area contributed by atoms with Gasteiger partial charge in [0, 0.05) is 13.2 Å². The molecule has 0 saturated heterocycles. The van der Waals surface area contributed by atoms with Crippen LogP contribution >= 0.6 is 0 Å². The molecule has 1 aliphatic rings. The second-order valence-electron chi connectivity index (χ2n) is 4.40. The zero-order chi connectivity index (χ0) is 11.0. The molecule has 1 heterocycles. The number of carboxylic acids is 1. The minimum atomic E-state index is -0.688. The molecule has 0 fully saturated rings. The van der Waals surface area contributed by atoms with Crippen molar-refractivity contribution in [1.29, 1.82) is 0 Å². The van der Waals surface area contributed by atoms with Gasteiger partial charge in [0.2, 0.25) is 0 Å². The normalized spacial score (nSPS) is 22.1. The van der Waals surface area contributed by atoms with E-state index in [2.05, 4.69) is 5.10 Å². The molecule has 4 heteroatoms. The molecule has 2 rings (SSSR count). The Morgan fingerprint density at radius 2 is 2.47 bits per heavy atom. The van der Waals surface area contributed by atoms with Crippen LogP contribution in [-0.4, -0.2) is 20.9 Å². The van der Waals surface area contributed by atoms with Gasteiger partial charge in [-0.1, -0.05) is 6.92 Å². The molecule has 4 nitrogen and oxygen atoms in total. The lowest BCUT2D eigenvalue weighted by Crippen LogP contribution is -2.25. The first-order valence-electron chi connectivity index (χ1n) is 5.32. The van der Waals surface area contributed by atoms with Crippen molar-refractivity contribution in [3.63, 3.8) is 0 Å². The number of nitrogens with zero attached hydrogens (tertiary/aromatic N) is 2. The molecule has 15 heavy (non-hydrogen) atoms. The SMILES string of the molecule is CC(C(=O)O)C1CCc2nn(C)cc2C1. The van der Waals surface area contributed by atoms with Crippen LogP contribution in [0.25, 0.3) is 0 Å². The second-order valence-corrected chi connectivity index (χ2v) is 4.40. The summed E-state index contributed by atoms with van der Waals surface area (Å²) < 4.78 is 1.82. The molecule has 1 aliphatic carbocycles. The number of carbonyl (C=O) groups is 1. The van der Waals surface area contributed by atoms with E-state index in [1.54, 1.807) is 6.92 Å². The Bertz CT molecular complexity index is 384. The number of aliphatic carboxylic acids is 1. The highest BCUT2D eigenvalue weighted by Crippen LogP contribution is 2.29. The molecule has 2 atom stereocenters. The van der Waals surface area contributed by atoms with Crippen molar-refractivity contribution in [3.05, 3.63) is 17.5 Å². The van der Waals surface area contributed by atoms with Crippen LogP contribution in [0.15, 0.2) is 6.20 Å². The molecule has 0 aromatic carbocycles. The quantitative estimate of drug-likeness (QED) is 0.795. The van der Waals surface area contributed by atoms with Crippen molar-refractivity contribution in [2.75, 3.05) is 0 Å². The molecule has 1 N–H and O–H groups in total. The van der Waals surface area contributed by atoms with Gasteiger partial charge in [-0.05, 0) is 30.7 Å². The summed E-state index contributed by atoms with van der Waals surface area (Å²) in [5.41, 5.74) is 2.37. The van der Waals surface area contributed by atoms with Gasteiger partial charge in [-0.15, -0.1) is 0 Å². The van der Waals surface area contributed by atoms with Gasteiger partial charge < -0.3 is 5.11 Å². The summed E-state index contributed by atoms with van der Waals surface area (Å²) in [4.78, 5) is 10.9. The van der Waals surface area contributed by atoms with E-state index in [4.69, 9.17) is 5.11 Å². The van der Waals surface area contributed by atoms with Crippen molar-refractivity contribution in [2.24, 2.45) is 18.9 Å². The lowest BCUT2D eigenvalue weighted by molar-refractivity contribution is -0.143. The van der Waals surface area contributed by atoms with Crippen molar-refractivity contribution in [3.8, 4) is 0 Å². The van der Waals surface area contributed by atoms with Crippen LogP contribution in [0, 0.1) is 11.8 Å². The van der Waals surface area contributed by atoms with Gasteiger partial charge in [-0.3, -0.25) is 9.48 Å². The summed E-state index contributed by atoms with van der Waals surface area (Å²) in [6.45, 7) is 1.80. The van der Waals surface area contributed by atoms with Crippen LogP contribution in [-0.2, 0) is 24.7 Å². The minimum Gasteiger partial charge on any atom is -0.481 e. The molecule has 0 bridgehead atoms. The molecule has 2 unspecified atom stereocenters. The molecule has 0 spiro atoms. The first-order valence-corrected chi connectivity index (χ1v) is 5.32. The first kappa shape index (κ1) is 10.2. The number of aromatic nitrogens is 2. The standard InChI is InChI=1S/C11H16N2O2/c1-7(11(14)15)8-3-4-10-9(5-8)6-13(2)12-10/h6-8H,3-5H2,1-2H3,(H,14,15). The summed E-state index contributed by atoms with van der Waals surface area (Å²) >= 11 is 0. The van der Waals surface area contributed by atoms with Crippen molar-refractivity contribution >= 4 is 5.97 Å². The zero-order valence-electron chi connectivity index (χ0n) is 9.10. The topological polar surface area (TPSA) is 55.1 Å². The molecule has 0 saturated carbocycles. The van der Waals surface area contributed by atoms with Crippen LogP contribution in [0.4, 0.5) is 0 Å². The number of hydrogen-bond donors (Lipinski definition) is 1. The number of aryl methyl sites for hydroxylation is 2. The first-order chi connectivity index (χ1) is 7.08. The predicted octanol–water partition coefficient (Wildman–Crippen LogP) is 1.25. The van der Waals surface area contributed by atoms with E-state index in [1.165, 1.54) is 5.56 Å². The molecule has 0 aliphatic heterocycles. The largest absolute Gasteiger partial charge is 0.481 e. The Hall–Kier alpha value is -1.32. The molecule has 0 radical (unpaired) electrons. The van der Waals surface area contributed by atoms with Gasteiger partial charge in [-0.25, -0.2) is 0 Å². The van der Waals surface area contributed by atoms with Crippen molar-refractivity contribution < 1.29 is 9.90 Å². The van der Waals surface area contributed by atoms with Crippen molar-refractivity contribution in [1.82, 2.24) is 9.78 Å². The Labute approximate surface area is 88.9 Å². The molecular weight excluding hydrogens is 192 g/mol. The van der Waals surface area contributed by atoms with E-state index >= 15 is 0 Å². The van der Waals surface area contributed by atoms with Gasteiger partial charge in [0.1, 0.15) is 0 Å². The third-order valence-electron chi connectivity index (χ3n) is 3.32. The Kier molecular flexibility index (Phi) is 2.50. The number of carboxylic acid groups (broad SMARTS) is 1.